The number of hydrogen-bond acceptors (Lipinski definition) is 2. The molecule has 84 valence electrons. The van der Waals surface area contributed by atoms with Gasteiger partial charge in [0.2, 0.25) is 0 Å². The minimum Gasteiger partial charge on any atom is -0.328 e. The summed E-state index contributed by atoms with van der Waals surface area (Å²) in [5.74, 6) is -0.255. The Bertz CT molecular complexity index is 477. The number of nitrogens with one attached hydrogen (secondary N) is 1. The highest BCUT2D eigenvalue weighted by Crippen LogP contribution is 2.18. The number of nitrogens with zero attached hydrogens (tertiary/aromatic N) is 1. The van der Waals surface area contributed by atoms with Gasteiger partial charge in [-0.05, 0) is 25.1 Å². The molecule has 1 aromatic heterocycles. The highest BCUT2D eigenvalue weighted by Gasteiger charge is 2.06. The average Bonchev–Trinajstić information content (AvgIpc) is 2.65. The summed E-state index contributed by atoms with van der Waals surface area (Å²) in [4.78, 5) is 0. The Balaban J connectivity index is 2.24. The van der Waals surface area contributed by atoms with Crippen LogP contribution >= 0.6 is 0 Å². The van der Waals surface area contributed by atoms with E-state index in [1.54, 1.807) is 6.07 Å². The minimum absolute atomic E-state index is 0.0841. The maximum absolute atomic E-state index is 13.0. The average molecular weight is 219 g/mol. The summed E-state index contributed by atoms with van der Waals surface area (Å²) >= 11 is 0. The van der Waals surface area contributed by atoms with Crippen molar-refractivity contribution in [2.75, 3.05) is 0 Å². The molecule has 0 radical (unpaired) electrons. The number of H-pyrrole nitrogens is 1. The van der Waals surface area contributed by atoms with E-state index < -0.39 is 0 Å². The van der Waals surface area contributed by atoms with Crippen LogP contribution in [0.15, 0.2) is 30.3 Å². The third kappa shape index (κ3) is 2.46. The smallest absolute Gasteiger partial charge is 0.123 e. The van der Waals surface area contributed by atoms with Crippen LogP contribution in [0, 0.1) is 5.82 Å². The Hall–Kier alpha value is -1.68. The highest BCUT2D eigenvalue weighted by atomic mass is 19.1. The molecule has 0 aliphatic rings. The van der Waals surface area contributed by atoms with Gasteiger partial charge < -0.3 is 5.73 Å². The molecule has 0 fully saturated rings. The second kappa shape index (κ2) is 4.45. The van der Waals surface area contributed by atoms with Gasteiger partial charge in [-0.1, -0.05) is 12.1 Å². The molecule has 3 nitrogen and oxygen atoms in total. The van der Waals surface area contributed by atoms with Gasteiger partial charge in [0.05, 0.1) is 5.69 Å². The number of benzene rings is 1. The molecule has 0 saturated carbocycles. The molecule has 0 aliphatic carbocycles. The van der Waals surface area contributed by atoms with E-state index in [4.69, 9.17) is 5.73 Å². The van der Waals surface area contributed by atoms with Crippen LogP contribution in [0.1, 0.15) is 12.6 Å². The fourth-order valence-electron chi connectivity index (χ4n) is 1.61. The summed E-state index contributed by atoms with van der Waals surface area (Å²) in [5, 5.41) is 7.04. The maximum atomic E-state index is 13.0. The predicted molar refractivity (Wildman–Crippen MR) is 61.3 cm³/mol. The number of aromatic nitrogens is 2. The van der Waals surface area contributed by atoms with Crippen LogP contribution in [0.4, 0.5) is 4.39 Å². The molecule has 1 unspecified atom stereocenters. The normalized spacial score (nSPS) is 12.7. The second-order valence-corrected chi connectivity index (χ2v) is 3.97. The zero-order valence-corrected chi connectivity index (χ0v) is 9.07. The van der Waals surface area contributed by atoms with Gasteiger partial charge in [0.25, 0.3) is 0 Å². The molecule has 0 aliphatic heterocycles. The van der Waals surface area contributed by atoms with Crippen molar-refractivity contribution in [1.29, 1.82) is 0 Å². The third-order valence-corrected chi connectivity index (χ3v) is 2.29. The van der Waals surface area contributed by atoms with Crippen molar-refractivity contribution < 1.29 is 4.39 Å². The Morgan fingerprint density at radius 2 is 2.25 bits per heavy atom. The SMILES string of the molecule is CC(N)Cc1cc(-c2cccc(F)c2)n[nH]1. The molecule has 1 heterocycles. The first kappa shape index (κ1) is 10.8. The van der Waals surface area contributed by atoms with Crippen LogP contribution in [0.25, 0.3) is 11.3 Å². The van der Waals surface area contributed by atoms with E-state index in [9.17, 15) is 4.39 Å². The highest BCUT2D eigenvalue weighted by molar-refractivity contribution is 5.59. The first-order chi connectivity index (χ1) is 7.65. The third-order valence-electron chi connectivity index (χ3n) is 2.29. The molecule has 3 N–H and O–H groups in total. The van der Waals surface area contributed by atoms with Gasteiger partial charge in [0.15, 0.2) is 0 Å². The van der Waals surface area contributed by atoms with E-state index in [-0.39, 0.29) is 11.9 Å². The van der Waals surface area contributed by atoms with Crippen LogP contribution in [0.5, 0.6) is 0 Å². The molecule has 0 spiro atoms. The predicted octanol–water partition coefficient (Wildman–Crippen LogP) is 2.11. The van der Waals surface area contributed by atoms with Crippen molar-refractivity contribution in [2.45, 2.75) is 19.4 Å². The second-order valence-electron chi connectivity index (χ2n) is 3.97. The topological polar surface area (TPSA) is 54.7 Å². The number of aromatic amines is 1. The molecule has 0 bridgehead atoms. The van der Waals surface area contributed by atoms with E-state index in [1.807, 2.05) is 19.1 Å². The lowest BCUT2D eigenvalue weighted by Crippen LogP contribution is -2.17. The number of nitrogens with two attached hydrogens (primary N) is 1. The van der Waals surface area contributed by atoms with Gasteiger partial charge in [-0.15, -0.1) is 0 Å². The van der Waals surface area contributed by atoms with Crippen molar-refractivity contribution in [3.8, 4) is 11.3 Å². The molecular weight excluding hydrogens is 205 g/mol. The lowest BCUT2D eigenvalue weighted by atomic mass is 10.1. The molecule has 1 atom stereocenters. The summed E-state index contributed by atoms with van der Waals surface area (Å²) in [6, 6.07) is 8.36. The molecule has 16 heavy (non-hydrogen) atoms. The number of halogens is 1. The Morgan fingerprint density at radius 1 is 1.44 bits per heavy atom. The summed E-state index contributed by atoms with van der Waals surface area (Å²) in [7, 11) is 0. The van der Waals surface area contributed by atoms with Gasteiger partial charge in [-0.2, -0.15) is 5.10 Å². The van der Waals surface area contributed by atoms with E-state index in [2.05, 4.69) is 10.2 Å². The lowest BCUT2D eigenvalue weighted by molar-refractivity contribution is 0.628. The monoisotopic (exact) mass is 219 g/mol. The molecule has 2 aromatic rings. The molecule has 0 amide bonds. The Morgan fingerprint density at radius 3 is 2.94 bits per heavy atom. The maximum Gasteiger partial charge on any atom is 0.123 e. The van der Waals surface area contributed by atoms with E-state index >= 15 is 0 Å². The summed E-state index contributed by atoms with van der Waals surface area (Å²) in [5.41, 5.74) is 8.17. The summed E-state index contributed by atoms with van der Waals surface area (Å²) < 4.78 is 13.0. The van der Waals surface area contributed by atoms with Gasteiger partial charge in [0, 0.05) is 23.7 Å². The van der Waals surface area contributed by atoms with Gasteiger partial charge in [-0.3, -0.25) is 5.10 Å². The van der Waals surface area contributed by atoms with Crippen molar-refractivity contribution in [2.24, 2.45) is 5.73 Å². The molecule has 1 aromatic carbocycles. The number of rotatable bonds is 3. The molecular formula is C12H14FN3. The largest absolute Gasteiger partial charge is 0.328 e. The first-order valence-electron chi connectivity index (χ1n) is 5.21. The summed E-state index contributed by atoms with van der Waals surface area (Å²) in [6.07, 6.45) is 0.738. The lowest BCUT2D eigenvalue weighted by Gasteiger charge is -1.99. The van der Waals surface area contributed by atoms with Gasteiger partial charge in [-0.25, -0.2) is 4.39 Å². The van der Waals surface area contributed by atoms with Crippen molar-refractivity contribution >= 4 is 0 Å². The standard InChI is InChI=1S/C12H14FN3/c1-8(14)5-11-7-12(16-15-11)9-3-2-4-10(13)6-9/h2-4,6-8H,5,14H2,1H3,(H,15,16). The minimum atomic E-state index is -0.255. The Kier molecular flexibility index (Phi) is 3.01. The van der Waals surface area contributed by atoms with Crippen LogP contribution in [0.2, 0.25) is 0 Å². The van der Waals surface area contributed by atoms with E-state index in [1.165, 1.54) is 12.1 Å². The quantitative estimate of drug-likeness (QED) is 0.830. The summed E-state index contributed by atoms with van der Waals surface area (Å²) in [6.45, 7) is 1.93. The first-order valence-corrected chi connectivity index (χ1v) is 5.21. The van der Waals surface area contributed by atoms with Crippen LogP contribution in [-0.4, -0.2) is 16.2 Å². The van der Waals surface area contributed by atoms with E-state index in [0.29, 0.717) is 0 Å². The van der Waals surface area contributed by atoms with E-state index in [0.717, 1.165) is 23.4 Å². The van der Waals surface area contributed by atoms with Crippen molar-refractivity contribution in [1.82, 2.24) is 10.2 Å². The van der Waals surface area contributed by atoms with Crippen molar-refractivity contribution in [3.05, 3.63) is 41.8 Å². The van der Waals surface area contributed by atoms with Gasteiger partial charge >= 0.3 is 0 Å². The fourth-order valence-corrected chi connectivity index (χ4v) is 1.61. The molecule has 0 saturated heterocycles. The number of hydrogen-bond donors (Lipinski definition) is 2. The van der Waals surface area contributed by atoms with Crippen molar-refractivity contribution in [3.63, 3.8) is 0 Å². The van der Waals surface area contributed by atoms with Gasteiger partial charge in [0.1, 0.15) is 5.82 Å². The zero-order chi connectivity index (χ0) is 11.5. The van der Waals surface area contributed by atoms with Crippen LogP contribution < -0.4 is 5.73 Å². The Labute approximate surface area is 93.5 Å². The fraction of sp³-hybridized carbons (Fsp3) is 0.250. The molecule has 4 heteroatoms. The van der Waals surface area contributed by atoms with Crippen LogP contribution in [0.3, 0.4) is 0 Å². The molecule has 2 rings (SSSR count). The zero-order valence-electron chi connectivity index (χ0n) is 9.07. The van der Waals surface area contributed by atoms with Crippen LogP contribution in [-0.2, 0) is 6.42 Å².